The van der Waals surface area contributed by atoms with Crippen LogP contribution in [0.1, 0.15) is 39.2 Å². The van der Waals surface area contributed by atoms with Crippen molar-refractivity contribution in [3.63, 3.8) is 0 Å². The first-order valence-electron chi connectivity index (χ1n) is 8.13. The van der Waals surface area contributed by atoms with Crippen molar-refractivity contribution in [1.82, 2.24) is 9.88 Å². The molecule has 2 heterocycles. The molecule has 2 rings (SSSR count). The van der Waals surface area contributed by atoms with Crippen molar-refractivity contribution >= 4 is 30.2 Å². The summed E-state index contributed by atoms with van der Waals surface area (Å²) in [6, 6.07) is 2.19. The monoisotopic (exact) mass is 398 g/mol. The van der Waals surface area contributed by atoms with Crippen molar-refractivity contribution in [2.24, 2.45) is 0 Å². The van der Waals surface area contributed by atoms with E-state index in [1.807, 2.05) is 17.2 Å². The minimum absolute atomic E-state index is 0.176. The molecule has 0 unspecified atom stereocenters. The van der Waals surface area contributed by atoms with E-state index in [1.54, 1.807) is 6.20 Å². The summed E-state index contributed by atoms with van der Waals surface area (Å²) < 4.78 is 7.28. The second-order valence-corrected chi connectivity index (χ2v) is 13.5. The Hall–Kier alpha value is -0.723. The minimum Gasteiger partial charge on any atom is -0.563 e. The van der Waals surface area contributed by atoms with E-state index in [2.05, 4.69) is 54.8 Å². The molecule has 1 fully saturated rings. The maximum atomic E-state index is 12.2. The van der Waals surface area contributed by atoms with Gasteiger partial charge in [-0.25, -0.2) is 0 Å². The highest BCUT2D eigenvalue weighted by atomic mass is 79.9. The van der Waals surface area contributed by atoms with Gasteiger partial charge in [0.1, 0.15) is 0 Å². The van der Waals surface area contributed by atoms with Gasteiger partial charge in [-0.1, -0.05) is 20.8 Å². The zero-order valence-corrected chi connectivity index (χ0v) is 17.3. The van der Waals surface area contributed by atoms with Crippen LogP contribution in [0.3, 0.4) is 0 Å². The maximum Gasteiger partial charge on any atom is 0.223 e. The first-order chi connectivity index (χ1) is 10.6. The van der Waals surface area contributed by atoms with Gasteiger partial charge in [-0.15, -0.1) is 18.1 Å². The lowest BCUT2D eigenvalue weighted by Crippen LogP contribution is -2.45. The summed E-state index contributed by atoms with van der Waals surface area (Å²) in [7, 11) is -1.78. The SMILES string of the molecule is CC(C)(C)[Si-](C)(C)OC[C@@H]1CCC(=O)N1Cc1cncc(Br)c1. The first kappa shape index (κ1) is 18.6. The van der Waals surface area contributed by atoms with E-state index in [-0.39, 0.29) is 17.0 Å². The van der Waals surface area contributed by atoms with Crippen molar-refractivity contribution < 1.29 is 9.22 Å². The Morgan fingerprint density at radius 3 is 2.70 bits per heavy atom. The zero-order chi connectivity index (χ0) is 17.3. The fourth-order valence-corrected chi connectivity index (χ4v) is 3.90. The molecule has 0 saturated carbocycles. The number of likely N-dealkylation sites (tertiary alicyclic amines) is 1. The zero-order valence-electron chi connectivity index (χ0n) is 14.7. The predicted molar refractivity (Wildman–Crippen MR) is 98.7 cm³/mol. The fourth-order valence-electron chi connectivity index (χ4n) is 2.44. The number of nitrogens with zero attached hydrogens (tertiary/aromatic N) is 2. The Morgan fingerprint density at radius 1 is 1.39 bits per heavy atom. The second kappa shape index (κ2) is 7.03. The van der Waals surface area contributed by atoms with Crippen molar-refractivity contribution in [3.8, 4) is 0 Å². The predicted octanol–water partition coefficient (Wildman–Crippen LogP) is 4.36. The topological polar surface area (TPSA) is 42.4 Å². The largest absolute Gasteiger partial charge is 0.563 e. The molecular formula is C17H27BrN2O2Si-. The lowest BCUT2D eigenvalue weighted by Gasteiger charge is -2.49. The van der Waals surface area contributed by atoms with E-state index in [0.717, 1.165) is 16.5 Å². The third-order valence-electron chi connectivity index (χ3n) is 5.01. The number of halogens is 1. The van der Waals surface area contributed by atoms with Crippen molar-refractivity contribution in [2.45, 2.75) is 64.3 Å². The Morgan fingerprint density at radius 2 is 2.09 bits per heavy atom. The van der Waals surface area contributed by atoms with E-state index >= 15 is 0 Å². The van der Waals surface area contributed by atoms with E-state index in [0.29, 0.717) is 19.6 Å². The number of hydrogen-bond acceptors (Lipinski definition) is 3. The standard InChI is InChI=1S/C17H27BrN2O2Si/c1-17(2,3)23(4,5)22-12-15-6-7-16(21)20(15)11-13-8-14(18)10-19-9-13/h8-10,15H,6-7,11-12H2,1-5H3/q-1/t15-/m0/s1. The number of rotatable bonds is 5. The van der Waals surface area contributed by atoms with Crippen molar-refractivity contribution in [1.29, 1.82) is 0 Å². The molecule has 23 heavy (non-hydrogen) atoms. The van der Waals surface area contributed by atoms with Gasteiger partial charge < -0.3 is 9.33 Å². The summed E-state index contributed by atoms with van der Waals surface area (Å²) in [6.45, 7) is 12.5. The lowest BCUT2D eigenvalue weighted by atomic mass is 10.2. The summed E-state index contributed by atoms with van der Waals surface area (Å²) in [4.78, 5) is 18.4. The normalized spacial score (nSPS) is 19.5. The van der Waals surface area contributed by atoms with E-state index in [4.69, 9.17) is 4.43 Å². The summed E-state index contributed by atoms with van der Waals surface area (Å²) in [5, 5.41) is 0.189. The van der Waals surface area contributed by atoms with E-state index < -0.39 is 8.32 Å². The quantitative estimate of drug-likeness (QED) is 0.691. The molecule has 1 aliphatic heterocycles. The van der Waals surface area contributed by atoms with Gasteiger partial charge in [-0.05, 0) is 42.3 Å². The van der Waals surface area contributed by atoms with Crippen molar-refractivity contribution in [2.75, 3.05) is 6.61 Å². The molecule has 0 radical (unpaired) electrons. The molecule has 0 spiro atoms. The van der Waals surface area contributed by atoms with Gasteiger partial charge in [0.05, 0.1) is 6.04 Å². The molecule has 0 bridgehead atoms. The van der Waals surface area contributed by atoms with Gasteiger partial charge in [-0.2, -0.15) is 0 Å². The van der Waals surface area contributed by atoms with Crippen LogP contribution in [-0.2, 0) is 15.8 Å². The Kier molecular flexibility index (Phi) is 5.69. The molecule has 1 aromatic heterocycles. The molecule has 1 amide bonds. The smallest absolute Gasteiger partial charge is 0.223 e. The van der Waals surface area contributed by atoms with Gasteiger partial charge in [0.25, 0.3) is 0 Å². The van der Waals surface area contributed by atoms with Crippen LogP contribution in [0.2, 0.25) is 18.1 Å². The molecule has 1 aliphatic rings. The highest BCUT2D eigenvalue weighted by Crippen LogP contribution is 2.37. The lowest BCUT2D eigenvalue weighted by molar-refractivity contribution is -0.130. The number of carbonyl (C=O) groups is 1. The molecule has 0 aliphatic carbocycles. The average molecular weight is 399 g/mol. The molecule has 4 nitrogen and oxygen atoms in total. The molecule has 1 saturated heterocycles. The van der Waals surface area contributed by atoms with Crippen LogP contribution in [0.15, 0.2) is 22.9 Å². The van der Waals surface area contributed by atoms with Gasteiger partial charge in [0.15, 0.2) is 0 Å². The van der Waals surface area contributed by atoms with Crippen LogP contribution < -0.4 is 0 Å². The first-order valence-corrected chi connectivity index (χ1v) is 11.8. The van der Waals surface area contributed by atoms with Crippen LogP contribution in [0, 0.1) is 0 Å². The van der Waals surface area contributed by atoms with Gasteiger partial charge >= 0.3 is 0 Å². The van der Waals surface area contributed by atoms with Crippen molar-refractivity contribution in [3.05, 3.63) is 28.5 Å². The Bertz CT molecular complexity index is 572. The molecule has 6 heteroatoms. The Labute approximate surface area is 148 Å². The molecule has 1 aromatic rings. The number of carbonyl (C=O) groups excluding carboxylic acids is 1. The third-order valence-corrected chi connectivity index (χ3v) is 9.94. The maximum absolute atomic E-state index is 12.2. The summed E-state index contributed by atoms with van der Waals surface area (Å²) >= 11 is 3.44. The van der Waals surface area contributed by atoms with Crippen LogP contribution >= 0.6 is 15.9 Å². The second-order valence-electron chi connectivity index (χ2n) is 7.80. The number of pyridine rings is 1. The summed E-state index contributed by atoms with van der Waals surface area (Å²) in [5.74, 6) is 0.216. The number of amides is 1. The van der Waals surface area contributed by atoms with Crippen LogP contribution in [-0.4, -0.2) is 36.8 Å². The van der Waals surface area contributed by atoms with Crippen LogP contribution in [0.5, 0.6) is 0 Å². The van der Waals surface area contributed by atoms with E-state index in [9.17, 15) is 4.79 Å². The van der Waals surface area contributed by atoms with E-state index in [1.165, 1.54) is 0 Å². The minimum atomic E-state index is -1.78. The molecule has 1 atom stereocenters. The molecule has 0 aromatic carbocycles. The average Bonchev–Trinajstić information content (AvgIpc) is 2.77. The Balaban J connectivity index is 2.02. The highest BCUT2D eigenvalue weighted by molar-refractivity contribution is 9.10. The summed E-state index contributed by atoms with van der Waals surface area (Å²) in [5.41, 5.74) is 1.05. The molecule has 0 N–H and O–H groups in total. The summed E-state index contributed by atoms with van der Waals surface area (Å²) in [6.07, 6.45) is 5.08. The third kappa shape index (κ3) is 4.64. The highest BCUT2D eigenvalue weighted by Gasteiger charge is 2.32. The number of aromatic nitrogens is 1. The number of hydrogen-bond donors (Lipinski definition) is 0. The van der Waals surface area contributed by atoms with Gasteiger partial charge in [0.2, 0.25) is 5.91 Å². The molecule has 129 valence electrons. The van der Waals surface area contributed by atoms with Gasteiger partial charge in [0, 0.05) is 36.4 Å². The van der Waals surface area contributed by atoms with Gasteiger partial charge in [-0.3, -0.25) is 9.78 Å². The van der Waals surface area contributed by atoms with Crippen LogP contribution in [0.25, 0.3) is 0 Å². The van der Waals surface area contributed by atoms with Crippen LogP contribution in [0.4, 0.5) is 0 Å². The molecular weight excluding hydrogens is 372 g/mol. The fraction of sp³-hybridized carbons (Fsp3) is 0.647.